The highest BCUT2D eigenvalue weighted by molar-refractivity contribution is 6.30. The van der Waals surface area contributed by atoms with Crippen molar-refractivity contribution in [3.63, 3.8) is 0 Å². The molecule has 1 fully saturated rings. The number of carbonyl (C=O) groups is 2. The van der Waals surface area contributed by atoms with E-state index in [1.807, 2.05) is 19.1 Å². The number of nitrogens with one attached hydrogen (secondary N) is 1. The molecule has 6 heteroatoms. The number of nitrogens with zero attached hydrogens (tertiary/aromatic N) is 1. The van der Waals surface area contributed by atoms with Gasteiger partial charge in [0, 0.05) is 17.0 Å². The average Bonchev–Trinajstić information content (AvgIpc) is 2.91. The van der Waals surface area contributed by atoms with Gasteiger partial charge in [-0.1, -0.05) is 18.5 Å². The zero-order valence-electron chi connectivity index (χ0n) is 11.8. The van der Waals surface area contributed by atoms with Gasteiger partial charge in [-0.2, -0.15) is 0 Å². The van der Waals surface area contributed by atoms with Crippen LogP contribution < -0.4 is 10.1 Å². The second kappa shape index (κ2) is 5.56. The normalized spacial score (nSPS) is 21.0. The number of halogens is 1. The number of fused-ring (bicyclic) bond motifs is 1. The Morgan fingerprint density at radius 3 is 3.00 bits per heavy atom. The fraction of sp³-hybridized carbons (Fsp3) is 0.467. The van der Waals surface area contributed by atoms with E-state index in [-0.39, 0.29) is 18.4 Å². The van der Waals surface area contributed by atoms with Gasteiger partial charge in [-0.15, -0.1) is 0 Å². The summed E-state index contributed by atoms with van der Waals surface area (Å²) >= 11 is 6.14. The standard InChI is InChI=1S/C15H17ClN2O3/c1-2-12-15(20)17-7-13(19)18(12)8-10-6-11(16)5-9-3-4-21-14(9)10/h5-6,12H,2-4,7-8H2,1H3,(H,17,20). The molecule has 3 rings (SSSR count). The lowest BCUT2D eigenvalue weighted by Gasteiger charge is -2.34. The summed E-state index contributed by atoms with van der Waals surface area (Å²) in [6.07, 6.45) is 1.41. The topological polar surface area (TPSA) is 58.6 Å². The highest BCUT2D eigenvalue weighted by Gasteiger charge is 2.34. The lowest BCUT2D eigenvalue weighted by atomic mass is 10.0. The van der Waals surface area contributed by atoms with Gasteiger partial charge in [0.15, 0.2) is 0 Å². The van der Waals surface area contributed by atoms with Gasteiger partial charge in [0.05, 0.1) is 19.7 Å². The SMILES string of the molecule is CCC1C(=O)NCC(=O)N1Cc1cc(Cl)cc2c1OCC2. The average molecular weight is 309 g/mol. The van der Waals surface area contributed by atoms with Gasteiger partial charge in [-0.05, 0) is 24.1 Å². The fourth-order valence-corrected chi connectivity index (χ4v) is 3.21. The highest BCUT2D eigenvalue weighted by Crippen LogP contribution is 2.34. The first-order valence-corrected chi connectivity index (χ1v) is 7.49. The minimum Gasteiger partial charge on any atom is -0.493 e. The third kappa shape index (κ3) is 2.58. The molecule has 1 saturated heterocycles. The number of hydrogen-bond acceptors (Lipinski definition) is 3. The molecule has 1 unspecified atom stereocenters. The largest absolute Gasteiger partial charge is 0.493 e. The highest BCUT2D eigenvalue weighted by atomic mass is 35.5. The fourth-order valence-electron chi connectivity index (χ4n) is 2.95. The molecule has 21 heavy (non-hydrogen) atoms. The van der Waals surface area contributed by atoms with Crippen molar-refractivity contribution >= 4 is 23.4 Å². The van der Waals surface area contributed by atoms with Crippen LogP contribution in [-0.2, 0) is 22.6 Å². The van der Waals surface area contributed by atoms with Gasteiger partial charge in [0.2, 0.25) is 11.8 Å². The molecule has 1 aromatic carbocycles. The summed E-state index contributed by atoms with van der Waals surface area (Å²) in [5.74, 6) is 0.637. The number of hydrogen-bond donors (Lipinski definition) is 1. The molecule has 0 aliphatic carbocycles. The molecule has 1 atom stereocenters. The molecule has 0 spiro atoms. The lowest BCUT2D eigenvalue weighted by Crippen LogP contribution is -2.57. The molecule has 0 bridgehead atoms. The zero-order valence-corrected chi connectivity index (χ0v) is 12.6. The summed E-state index contributed by atoms with van der Waals surface area (Å²) < 4.78 is 5.66. The molecule has 5 nitrogen and oxygen atoms in total. The summed E-state index contributed by atoms with van der Waals surface area (Å²) in [6.45, 7) is 2.94. The molecule has 2 aliphatic rings. The van der Waals surface area contributed by atoms with Crippen molar-refractivity contribution in [2.24, 2.45) is 0 Å². The minimum absolute atomic E-state index is 0.0545. The molecule has 1 N–H and O–H groups in total. The number of amides is 2. The number of benzene rings is 1. The molecule has 0 saturated carbocycles. The van der Waals surface area contributed by atoms with E-state index in [2.05, 4.69) is 5.32 Å². The Balaban J connectivity index is 1.92. The first-order valence-electron chi connectivity index (χ1n) is 7.11. The van der Waals surface area contributed by atoms with Crippen LogP contribution in [0, 0.1) is 0 Å². The molecular weight excluding hydrogens is 292 g/mol. The van der Waals surface area contributed by atoms with Gasteiger partial charge in [0.25, 0.3) is 0 Å². The van der Waals surface area contributed by atoms with E-state index in [0.29, 0.717) is 24.6 Å². The molecule has 112 valence electrons. The van der Waals surface area contributed by atoms with Crippen molar-refractivity contribution in [1.82, 2.24) is 10.2 Å². The Kier molecular flexibility index (Phi) is 3.76. The summed E-state index contributed by atoms with van der Waals surface area (Å²) in [5, 5.41) is 3.26. The van der Waals surface area contributed by atoms with Crippen LogP contribution in [0.3, 0.4) is 0 Å². The number of rotatable bonds is 3. The van der Waals surface area contributed by atoms with Crippen molar-refractivity contribution in [2.45, 2.75) is 32.4 Å². The first-order chi connectivity index (χ1) is 10.1. The third-order valence-corrected chi connectivity index (χ3v) is 4.18. The van der Waals surface area contributed by atoms with Crippen molar-refractivity contribution < 1.29 is 14.3 Å². The van der Waals surface area contributed by atoms with E-state index < -0.39 is 6.04 Å². The lowest BCUT2D eigenvalue weighted by molar-refractivity contribution is -0.146. The van der Waals surface area contributed by atoms with Crippen LogP contribution in [0.4, 0.5) is 0 Å². The maximum absolute atomic E-state index is 12.1. The van der Waals surface area contributed by atoms with Crippen LogP contribution >= 0.6 is 11.6 Å². The van der Waals surface area contributed by atoms with Gasteiger partial charge in [0.1, 0.15) is 11.8 Å². The molecule has 2 amide bonds. The van der Waals surface area contributed by atoms with E-state index in [1.165, 1.54) is 0 Å². The molecule has 2 aliphatic heterocycles. The van der Waals surface area contributed by atoms with Crippen molar-refractivity contribution in [2.75, 3.05) is 13.2 Å². The van der Waals surface area contributed by atoms with Crippen molar-refractivity contribution in [3.8, 4) is 5.75 Å². The zero-order chi connectivity index (χ0) is 15.0. The van der Waals surface area contributed by atoms with E-state index in [9.17, 15) is 9.59 Å². The van der Waals surface area contributed by atoms with E-state index in [1.54, 1.807) is 4.90 Å². The van der Waals surface area contributed by atoms with Crippen LogP contribution in [-0.4, -0.2) is 35.9 Å². The van der Waals surface area contributed by atoms with Crippen molar-refractivity contribution in [3.05, 3.63) is 28.3 Å². The Bertz CT molecular complexity index is 603. The molecule has 0 aromatic heterocycles. The summed E-state index contributed by atoms with van der Waals surface area (Å²) in [5.41, 5.74) is 1.94. The maximum Gasteiger partial charge on any atom is 0.243 e. The van der Waals surface area contributed by atoms with Crippen LogP contribution in [0.2, 0.25) is 5.02 Å². The second-order valence-corrected chi connectivity index (χ2v) is 5.75. The summed E-state index contributed by atoms with van der Waals surface area (Å²) in [7, 11) is 0. The van der Waals surface area contributed by atoms with Crippen LogP contribution in [0.25, 0.3) is 0 Å². The predicted octanol–water partition coefficient (Wildman–Crippen LogP) is 1.51. The Morgan fingerprint density at radius 2 is 2.24 bits per heavy atom. The van der Waals surface area contributed by atoms with Gasteiger partial charge in [-0.25, -0.2) is 0 Å². The number of ether oxygens (including phenoxy) is 1. The Hall–Kier alpha value is -1.75. The van der Waals surface area contributed by atoms with Crippen LogP contribution in [0.5, 0.6) is 5.75 Å². The first kappa shape index (κ1) is 14.2. The summed E-state index contributed by atoms with van der Waals surface area (Å²) in [4.78, 5) is 25.7. The van der Waals surface area contributed by atoms with Crippen molar-refractivity contribution in [1.29, 1.82) is 0 Å². The van der Waals surface area contributed by atoms with Gasteiger partial charge in [-0.3, -0.25) is 9.59 Å². The summed E-state index contributed by atoms with van der Waals surface area (Å²) in [6, 6.07) is 3.29. The monoisotopic (exact) mass is 308 g/mol. The van der Waals surface area contributed by atoms with E-state index >= 15 is 0 Å². The van der Waals surface area contributed by atoms with E-state index in [0.717, 1.165) is 23.3 Å². The Labute approximate surface area is 128 Å². The quantitative estimate of drug-likeness (QED) is 0.921. The van der Waals surface area contributed by atoms with Gasteiger partial charge >= 0.3 is 0 Å². The number of piperazine rings is 1. The third-order valence-electron chi connectivity index (χ3n) is 3.97. The smallest absolute Gasteiger partial charge is 0.243 e. The second-order valence-electron chi connectivity index (χ2n) is 5.32. The molecule has 1 aromatic rings. The maximum atomic E-state index is 12.1. The molecular formula is C15H17ClN2O3. The minimum atomic E-state index is -0.428. The molecule has 2 heterocycles. The van der Waals surface area contributed by atoms with Gasteiger partial charge < -0.3 is 15.0 Å². The molecule has 0 radical (unpaired) electrons. The number of carbonyl (C=O) groups excluding carboxylic acids is 2. The predicted molar refractivity (Wildman–Crippen MR) is 78.3 cm³/mol. The Morgan fingerprint density at radius 1 is 1.43 bits per heavy atom. The van der Waals surface area contributed by atoms with Crippen LogP contribution in [0.1, 0.15) is 24.5 Å². The van der Waals surface area contributed by atoms with E-state index in [4.69, 9.17) is 16.3 Å². The van der Waals surface area contributed by atoms with Crippen LogP contribution in [0.15, 0.2) is 12.1 Å².